The van der Waals surface area contributed by atoms with Crippen LogP contribution in [0.15, 0.2) is 10.5 Å². The average Bonchev–Trinajstić information content (AvgIpc) is 2.52. The van der Waals surface area contributed by atoms with Crippen molar-refractivity contribution in [2.45, 2.75) is 39.8 Å². The first kappa shape index (κ1) is 12.3. The van der Waals surface area contributed by atoms with E-state index in [-0.39, 0.29) is 0 Å². The highest BCUT2D eigenvalue weighted by atomic mass is 16.5. The van der Waals surface area contributed by atoms with E-state index in [2.05, 4.69) is 18.3 Å². The van der Waals surface area contributed by atoms with Gasteiger partial charge in [0.05, 0.1) is 6.61 Å². The van der Waals surface area contributed by atoms with Crippen molar-refractivity contribution in [3.05, 3.63) is 23.2 Å². The summed E-state index contributed by atoms with van der Waals surface area (Å²) in [7, 11) is 1.73. The van der Waals surface area contributed by atoms with Gasteiger partial charge in [-0.05, 0) is 26.3 Å². The molecule has 1 aromatic heterocycles. The number of rotatable bonds is 6. The van der Waals surface area contributed by atoms with E-state index >= 15 is 0 Å². The molecule has 1 atom stereocenters. The second-order valence-electron chi connectivity index (χ2n) is 3.88. The molecule has 3 nitrogen and oxygen atoms in total. The number of aryl methyl sites for hydroxylation is 2. The minimum absolute atomic E-state index is 0.421. The zero-order valence-corrected chi connectivity index (χ0v) is 10.1. The second kappa shape index (κ2) is 5.93. The predicted molar refractivity (Wildman–Crippen MR) is 61.0 cm³/mol. The van der Waals surface area contributed by atoms with Crippen molar-refractivity contribution >= 4 is 0 Å². The summed E-state index contributed by atoms with van der Waals surface area (Å²) < 4.78 is 10.6. The van der Waals surface area contributed by atoms with Crippen molar-refractivity contribution in [1.29, 1.82) is 0 Å². The van der Waals surface area contributed by atoms with Gasteiger partial charge in [-0.3, -0.25) is 0 Å². The van der Waals surface area contributed by atoms with Crippen molar-refractivity contribution in [2.75, 3.05) is 13.7 Å². The standard InChI is InChI=1S/C12H21NO2/c1-5-12(8-14-4)13-7-11-6-9(2)15-10(11)3/h6,12-13H,5,7-8H2,1-4H3. The van der Waals surface area contributed by atoms with Crippen LogP contribution in [0, 0.1) is 13.8 Å². The fourth-order valence-electron chi connectivity index (χ4n) is 1.64. The smallest absolute Gasteiger partial charge is 0.105 e. The Morgan fingerprint density at radius 2 is 2.20 bits per heavy atom. The van der Waals surface area contributed by atoms with Crippen LogP contribution in [0.3, 0.4) is 0 Å². The third kappa shape index (κ3) is 3.68. The zero-order valence-electron chi connectivity index (χ0n) is 10.1. The summed E-state index contributed by atoms with van der Waals surface area (Å²) >= 11 is 0. The number of hydrogen-bond donors (Lipinski definition) is 1. The number of nitrogens with one attached hydrogen (secondary N) is 1. The topological polar surface area (TPSA) is 34.4 Å². The molecule has 0 aliphatic heterocycles. The quantitative estimate of drug-likeness (QED) is 0.784. The number of furan rings is 1. The molecule has 1 heterocycles. The largest absolute Gasteiger partial charge is 0.466 e. The first-order valence-corrected chi connectivity index (χ1v) is 5.45. The molecule has 1 aromatic rings. The molecule has 1 rings (SSSR count). The lowest BCUT2D eigenvalue weighted by Gasteiger charge is -2.15. The maximum absolute atomic E-state index is 5.47. The fraction of sp³-hybridized carbons (Fsp3) is 0.667. The highest BCUT2D eigenvalue weighted by Gasteiger charge is 2.08. The predicted octanol–water partition coefficient (Wildman–Crippen LogP) is 2.41. The molecule has 0 radical (unpaired) electrons. The van der Waals surface area contributed by atoms with Gasteiger partial charge in [-0.15, -0.1) is 0 Å². The summed E-state index contributed by atoms with van der Waals surface area (Å²) in [6, 6.07) is 2.51. The van der Waals surface area contributed by atoms with E-state index in [1.165, 1.54) is 5.56 Å². The van der Waals surface area contributed by atoms with Crippen LogP contribution in [0.4, 0.5) is 0 Å². The Morgan fingerprint density at radius 1 is 1.47 bits per heavy atom. The molecule has 3 heteroatoms. The molecule has 0 saturated heterocycles. The van der Waals surface area contributed by atoms with Crippen LogP contribution in [0.1, 0.15) is 30.4 Å². The van der Waals surface area contributed by atoms with Crippen LogP contribution in [0.25, 0.3) is 0 Å². The molecule has 0 amide bonds. The van der Waals surface area contributed by atoms with Crippen molar-refractivity contribution < 1.29 is 9.15 Å². The molecule has 0 spiro atoms. The van der Waals surface area contributed by atoms with E-state index in [1.54, 1.807) is 7.11 Å². The first-order valence-electron chi connectivity index (χ1n) is 5.45. The summed E-state index contributed by atoms with van der Waals surface area (Å²) in [6.45, 7) is 7.74. The Labute approximate surface area is 91.8 Å². The average molecular weight is 211 g/mol. The lowest BCUT2D eigenvalue weighted by Crippen LogP contribution is -2.32. The summed E-state index contributed by atoms with van der Waals surface area (Å²) in [5, 5.41) is 3.46. The van der Waals surface area contributed by atoms with Gasteiger partial charge in [-0.25, -0.2) is 0 Å². The lowest BCUT2D eigenvalue weighted by molar-refractivity contribution is 0.163. The summed E-state index contributed by atoms with van der Waals surface area (Å²) in [6.07, 6.45) is 1.07. The van der Waals surface area contributed by atoms with E-state index < -0.39 is 0 Å². The van der Waals surface area contributed by atoms with Crippen LogP contribution in [-0.2, 0) is 11.3 Å². The normalized spacial score (nSPS) is 13.1. The highest BCUT2D eigenvalue weighted by molar-refractivity contribution is 5.19. The van der Waals surface area contributed by atoms with E-state index in [1.807, 2.05) is 13.8 Å². The minimum Gasteiger partial charge on any atom is -0.466 e. The molecular formula is C12H21NO2. The van der Waals surface area contributed by atoms with Crippen LogP contribution in [-0.4, -0.2) is 19.8 Å². The highest BCUT2D eigenvalue weighted by Crippen LogP contribution is 2.13. The number of hydrogen-bond acceptors (Lipinski definition) is 3. The van der Waals surface area contributed by atoms with Crippen molar-refractivity contribution in [3.63, 3.8) is 0 Å². The van der Waals surface area contributed by atoms with E-state index in [9.17, 15) is 0 Å². The molecule has 15 heavy (non-hydrogen) atoms. The Morgan fingerprint density at radius 3 is 2.67 bits per heavy atom. The van der Waals surface area contributed by atoms with Gasteiger partial charge in [0.2, 0.25) is 0 Å². The Hall–Kier alpha value is -0.800. The molecular weight excluding hydrogens is 190 g/mol. The number of ether oxygens (including phenoxy) is 1. The molecule has 0 saturated carbocycles. The second-order valence-corrected chi connectivity index (χ2v) is 3.88. The van der Waals surface area contributed by atoms with Crippen molar-refractivity contribution in [1.82, 2.24) is 5.32 Å². The van der Waals surface area contributed by atoms with Gasteiger partial charge in [0.1, 0.15) is 11.5 Å². The Bertz CT molecular complexity index is 294. The van der Waals surface area contributed by atoms with Gasteiger partial charge in [0.15, 0.2) is 0 Å². The van der Waals surface area contributed by atoms with Crippen LogP contribution in [0.5, 0.6) is 0 Å². The van der Waals surface area contributed by atoms with Crippen LogP contribution in [0.2, 0.25) is 0 Å². The Balaban J connectivity index is 2.44. The van der Waals surface area contributed by atoms with Crippen LogP contribution < -0.4 is 5.32 Å². The molecule has 1 N–H and O–H groups in total. The third-order valence-corrected chi connectivity index (χ3v) is 2.59. The summed E-state index contributed by atoms with van der Waals surface area (Å²) in [5.74, 6) is 1.98. The summed E-state index contributed by atoms with van der Waals surface area (Å²) in [5.41, 5.74) is 1.24. The first-order chi connectivity index (χ1) is 7.17. The van der Waals surface area contributed by atoms with E-state index in [4.69, 9.17) is 9.15 Å². The van der Waals surface area contributed by atoms with Crippen LogP contribution >= 0.6 is 0 Å². The van der Waals surface area contributed by atoms with Gasteiger partial charge in [0, 0.05) is 25.3 Å². The Kier molecular flexibility index (Phi) is 4.85. The minimum atomic E-state index is 0.421. The molecule has 0 bridgehead atoms. The van der Waals surface area contributed by atoms with E-state index in [0.29, 0.717) is 6.04 Å². The molecule has 86 valence electrons. The molecule has 0 aliphatic rings. The maximum Gasteiger partial charge on any atom is 0.105 e. The maximum atomic E-state index is 5.47. The molecule has 1 unspecified atom stereocenters. The van der Waals surface area contributed by atoms with E-state index in [0.717, 1.165) is 31.1 Å². The van der Waals surface area contributed by atoms with Gasteiger partial charge in [-0.2, -0.15) is 0 Å². The summed E-state index contributed by atoms with van der Waals surface area (Å²) in [4.78, 5) is 0. The molecule has 0 aromatic carbocycles. The monoisotopic (exact) mass is 211 g/mol. The molecule has 0 aliphatic carbocycles. The zero-order chi connectivity index (χ0) is 11.3. The van der Waals surface area contributed by atoms with Crippen molar-refractivity contribution in [2.24, 2.45) is 0 Å². The van der Waals surface area contributed by atoms with Gasteiger partial charge in [0.25, 0.3) is 0 Å². The lowest BCUT2D eigenvalue weighted by atomic mass is 10.2. The molecule has 0 fully saturated rings. The van der Waals surface area contributed by atoms with Gasteiger partial charge in [-0.1, -0.05) is 6.92 Å². The number of methoxy groups -OCH3 is 1. The van der Waals surface area contributed by atoms with Crippen molar-refractivity contribution in [3.8, 4) is 0 Å². The SMILES string of the molecule is CCC(COC)NCc1cc(C)oc1C. The van der Waals surface area contributed by atoms with Gasteiger partial charge >= 0.3 is 0 Å². The third-order valence-electron chi connectivity index (χ3n) is 2.59. The fourth-order valence-corrected chi connectivity index (χ4v) is 1.64. The van der Waals surface area contributed by atoms with Gasteiger partial charge < -0.3 is 14.5 Å².